The van der Waals surface area contributed by atoms with Crippen molar-refractivity contribution >= 4 is 18.3 Å². The van der Waals surface area contributed by atoms with Gasteiger partial charge in [-0.3, -0.25) is 9.78 Å². The first kappa shape index (κ1) is 16.2. The molecule has 5 heteroatoms. The molecule has 0 saturated heterocycles. The number of nitrogens with zero attached hydrogens (tertiary/aromatic N) is 2. The van der Waals surface area contributed by atoms with Gasteiger partial charge in [0.15, 0.2) is 0 Å². The van der Waals surface area contributed by atoms with Gasteiger partial charge in [0.05, 0.1) is 0 Å². The molecule has 2 rings (SSSR count). The van der Waals surface area contributed by atoms with Gasteiger partial charge in [0, 0.05) is 42.9 Å². The fourth-order valence-electron chi connectivity index (χ4n) is 2.10. The van der Waals surface area contributed by atoms with Crippen molar-refractivity contribution in [2.24, 2.45) is 7.05 Å². The fraction of sp³-hybridized carbons (Fsp3) is 0.333. The minimum atomic E-state index is -0.0484. The molecule has 0 aliphatic rings. The second-order valence-corrected chi connectivity index (χ2v) is 4.70. The lowest BCUT2D eigenvalue weighted by Crippen LogP contribution is -2.25. The van der Waals surface area contributed by atoms with E-state index >= 15 is 0 Å². The van der Waals surface area contributed by atoms with E-state index in [2.05, 4.69) is 41.8 Å². The lowest BCUT2D eigenvalue weighted by atomic mass is 10.1. The molecule has 0 aliphatic heterocycles. The third kappa shape index (κ3) is 3.61. The zero-order valence-electron chi connectivity index (χ0n) is 12.0. The van der Waals surface area contributed by atoms with Crippen LogP contribution in [0.3, 0.4) is 0 Å². The Morgan fingerprint density at radius 2 is 1.95 bits per heavy atom. The number of carbonyl (C=O) groups is 1. The van der Waals surface area contributed by atoms with Crippen LogP contribution in [0.1, 0.15) is 27.3 Å². The molecule has 0 saturated carbocycles. The molecule has 0 radical (unpaired) electrons. The summed E-state index contributed by atoms with van der Waals surface area (Å²) in [6.07, 6.45) is 4.10. The van der Waals surface area contributed by atoms with Gasteiger partial charge in [-0.1, -0.05) is 0 Å². The van der Waals surface area contributed by atoms with Crippen LogP contribution < -0.4 is 5.32 Å². The van der Waals surface area contributed by atoms with Gasteiger partial charge >= 0.3 is 0 Å². The number of halogens is 1. The summed E-state index contributed by atoms with van der Waals surface area (Å²) in [5, 5.41) is 2.93. The molecule has 2 aromatic rings. The minimum absolute atomic E-state index is 0. The van der Waals surface area contributed by atoms with Gasteiger partial charge in [0.25, 0.3) is 5.91 Å². The van der Waals surface area contributed by atoms with E-state index in [0.717, 1.165) is 6.42 Å². The summed E-state index contributed by atoms with van der Waals surface area (Å²) in [5.74, 6) is -0.0484. The van der Waals surface area contributed by atoms with Gasteiger partial charge in [-0.05, 0) is 44.0 Å². The van der Waals surface area contributed by atoms with Crippen LogP contribution >= 0.6 is 12.4 Å². The number of aromatic nitrogens is 2. The number of hydrogen-bond acceptors (Lipinski definition) is 2. The smallest absolute Gasteiger partial charge is 0.251 e. The van der Waals surface area contributed by atoms with Crippen LogP contribution in [0.2, 0.25) is 0 Å². The summed E-state index contributed by atoms with van der Waals surface area (Å²) in [6.45, 7) is 4.84. The summed E-state index contributed by atoms with van der Waals surface area (Å²) in [4.78, 5) is 15.7. The highest BCUT2D eigenvalue weighted by atomic mass is 35.5. The maximum Gasteiger partial charge on any atom is 0.251 e. The van der Waals surface area contributed by atoms with E-state index in [1.807, 2.05) is 0 Å². The normalized spacial score (nSPS) is 9.95. The molecule has 0 atom stereocenters. The van der Waals surface area contributed by atoms with Gasteiger partial charge in [0.1, 0.15) is 0 Å². The molecule has 1 N–H and O–H groups in total. The minimum Gasteiger partial charge on any atom is -0.352 e. The van der Waals surface area contributed by atoms with E-state index in [-0.39, 0.29) is 18.3 Å². The maximum atomic E-state index is 11.8. The predicted molar refractivity (Wildman–Crippen MR) is 82.4 cm³/mol. The number of nitrogens with one attached hydrogen (secondary N) is 1. The summed E-state index contributed by atoms with van der Waals surface area (Å²) in [6, 6.07) is 5.61. The SMILES string of the molecule is Cc1cc(CCNC(=O)c2ccncc2)c(C)n1C.Cl. The molecule has 0 spiro atoms. The quantitative estimate of drug-likeness (QED) is 0.941. The first-order valence-electron chi connectivity index (χ1n) is 6.39. The number of amides is 1. The average Bonchev–Trinajstić information content (AvgIpc) is 2.67. The summed E-state index contributed by atoms with van der Waals surface area (Å²) in [7, 11) is 2.06. The Labute approximate surface area is 125 Å². The van der Waals surface area contributed by atoms with Crippen molar-refractivity contribution in [3.63, 3.8) is 0 Å². The molecule has 4 nitrogen and oxygen atoms in total. The zero-order chi connectivity index (χ0) is 13.8. The van der Waals surface area contributed by atoms with Crippen molar-refractivity contribution in [2.45, 2.75) is 20.3 Å². The molecule has 0 aromatic carbocycles. The summed E-state index contributed by atoms with van der Waals surface area (Å²) in [5.41, 5.74) is 4.44. The third-order valence-corrected chi connectivity index (χ3v) is 3.50. The van der Waals surface area contributed by atoms with E-state index in [1.165, 1.54) is 17.0 Å². The van der Waals surface area contributed by atoms with E-state index in [0.29, 0.717) is 12.1 Å². The monoisotopic (exact) mass is 293 g/mol. The Hall–Kier alpha value is -1.81. The van der Waals surface area contributed by atoms with Crippen LogP contribution in [0.4, 0.5) is 0 Å². The van der Waals surface area contributed by atoms with Crippen molar-refractivity contribution in [2.75, 3.05) is 6.54 Å². The van der Waals surface area contributed by atoms with Crippen molar-refractivity contribution < 1.29 is 4.79 Å². The number of rotatable bonds is 4. The maximum absolute atomic E-state index is 11.8. The second kappa shape index (κ2) is 7.10. The first-order chi connectivity index (χ1) is 9.09. The summed E-state index contributed by atoms with van der Waals surface area (Å²) >= 11 is 0. The van der Waals surface area contributed by atoms with Crippen molar-refractivity contribution in [3.05, 3.63) is 53.1 Å². The molecule has 0 bridgehead atoms. The Balaban J connectivity index is 0.00000200. The molecule has 20 heavy (non-hydrogen) atoms. The summed E-state index contributed by atoms with van der Waals surface area (Å²) < 4.78 is 2.17. The van der Waals surface area contributed by atoms with Gasteiger partial charge in [-0.15, -0.1) is 12.4 Å². The fourth-order valence-corrected chi connectivity index (χ4v) is 2.10. The van der Waals surface area contributed by atoms with Crippen LogP contribution in [0, 0.1) is 13.8 Å². The highest BCUT2D eigenvalue weighted by molar-refractivity contribution is 5.93. The van der Waals surface area contributed by atoms with Crippen LogP contribution in [0.5, 0.6) is 0 Å². The van der Waals surface area contributed by atoms with Gasteiger partial charge in [0.2, 0.25) is 0 Å². The number of aryl methyl sites for hydroxylation is 1. The Morgan fingerprint density at radius 3 is 2.50 bits per heavy atom. The third-order valence-electron chi connectivity index (χ3n) is 3.50. The van der Waals surface area contributed by atoms with E-state index in [9.17, 15) is 4.79 Å². The van der Waals surface area contributed by atoms with E-state index in [4.69, 9.17) is 0 Å². The number of hydrogen-bond donors (Lipinski definition) is 1. The van der Waals surface area contributed by atoms with Crippen LogP contribution in [-0.4, -0.2) is 22.0 Å². The van der Waals surface area contributed by atoms with E-state index < -0.39 is 0 Å². The Morgan fingerprint density at radius 1 is 1.30 bits per heavy atom. The molecule has 108 valence electrons. The Kier molecular flexibility index (Phi) is 5.77. The largest absolute Gasteiger partial charge is 0.352 e. The van der Waals surface area contributed by atoms with Gasteiger partial charge in [-0.25, -0.2) is 0 Å². The van der Waals surface area contributed by atoms with Crippen LogP contribution in [-0.2, 0) is 13.5 Å². The molecule has 0 fully saturated rings. The Bertz CT molecular complexity index is 578. The number of pyridine rings is 1. The van der Waals surface area contributed by atoms with Crippen molar-refractivity contribution in [1.82, 2.24) is 14.9 Å². The molecule has 2 heterocycles. The van der Waals surface area contributed by atoms with Gasteiger partial charge in [-0.2, -0.15) is 0 Å². The van der Waals surface area contributed by atoms with Crippen molar-refractivity contribution in [3.8, 4) is 0 Å². The molecule has 1 amide bonds. The molecular weight excluding hydrogens is 274 g/mol. The topological polar surface area (TPSA) is 46.9 Å². The molecule has 0 unspecified atom stereocenters. The standard InChI is InChI=1S/C15H19N3O.ClH/c1-11-10-14(12(2)18(11)3)6-9-17-15(19)13-4-7-16-8-5-13;/h4-5,7-8,10H,6,9H2,1-3H3,(H,17,19);1H. The van der Waals surface area contributed by atoms with Gasteiger partial charge < -0.3 is 9.88 Å². The van der Waals surface area contributed by atoms with E-state index in [1.54, 1.807) is 24.5 Å². The molecule has 0 aliphatic carbocycles. The second-order valence-electron chi connectivity index (χ2n) is 4.70. The predicted octanol–water partition coefficient (Wildman–Crippen LogP) is 2.43. The van der Waals surface area contributed by atoms with Crippen LogP contribution in [0.15, 0.2) is 30.6 Å². The lowest BCUT2D eigenvalue weighted by Gasteiger charge is -2.05. The van der Waals surface area contributed by atoms with Crippen molar-refractivity contribution in [1.29, 1.82) is 0 Å². The van der Waals surface area contributed by atoms with Crippen LogP contribution in [0.25, 0.3) is 0 Å². The zero-order valence-corrected chi connectivity index (χ0v) is 12.8. The highest BCUT2D eigenvalue weighted by Gasteiger charge is 2.07. The number of carbonyl (C=O) groups excluding carboxylic acids is 1. The lowest BCUT2D eigenvalue weighted by molar-refractivity contribution is 0.0954. The molecule has 2 aromatic heterocycles. The molecular formula is C15H20ClN3O. The highest BCUT2D eigenvalue weighted by Crippen LogP contribution is 2.13. The average molecular weight is 294 g/mol. The first-order valence-corrected chi connectivity index (χ1v) is 6.39.